The second-order valence-corrected chi connectivity index (χ2v) is 9.75. The number of benzene rings is 2. The quantitative estimate of drug-likeness (QED) is 0.433. The molecule has 0 atom stereocenters. The lowest BCUT2D eigenvalue weighted by Gasteiger charge is -2.31. The molecular formula is C26H31N5OS2. The molecule has 0 radical (unpaired) electrons. The van der Waals surface area contributed by atoms with Gasteiger partial charge in [0, 0.05) is 60.0 Å². The van der Waals surface area contributed by atoms with Gasteiger partial charge in [0.2, 0.25) is 0 Å². The Morgan fingerprint density at radius 1 is 1.12 bits per heavy atom. The molecule has 1 aliphatic rings. The standard InChI is InChI=1S/C26H31N5OS2/c1-3-30(4-2)22-11-7-18(8-12-22)23-17-34-24(29-23)19-13-15-31(16-14-19)25(32)20-5-9-21(10-6-20)28-26(27)33/h5-12,17,19H,3-4,13-16H2,1-2H3,(H3,27,28,33). The van der Waals surface area contributed by atoms with E-state index >= 15 is 0 Å². The van der Waals surface area contributed by atoms with Gasteiger partial charge >= 0.3 is 0 Å². The summed E-state index contributed by atoms with van der Waals surface area (Å²) in [6, 6.07) is 16.0. The maximum Gasteiger partial charge on any atom is 0.253 e. The summed E-state index contributed by atoms with van der Waals surface area (Å²) in [6.45, 7) is 7.84. The number of amides is 1. The first kappa shape index (κ1) is 24.2. The molecule has 3 N–H and O–H groups in total. The zero-order valence-corrected chi connectivity index (χ0v) is 21.3. The van der Waals surface area contributed by atoms with Crippen LogP contribution in [-0.4, -0.2) is 47.1 Å². The number of nitrogens with two attached hydrogens (primary N) is 1. The molecule has 2 aromatic carbocycles. The zero-order valence-electron chi connectivity index (χ0n) is 19.7. The van der Waals surface area contributed by atoms with Crippen molar-refractivity contribution in [3.63, 3.8) is 0 Å². The summed E-state index contributed by atoms with van der Waals surface area (Å²) in [7, 11) is 0. The number of piperidine rings is 1. The van der Waals surface area contributed by atoms with E-state index in [9.17, 15) is 4.79 Å². The van der Waals surface area contributed by atoms with Crippen LogP contribution in [-0.2, 0) is 0 Å². The summed E-state index contributed by atoms with van der Waals surface area (Å²) in [5, 5.41) is 6.41. The molecule has 6 nitrogen and oxygen atoms in total. The summed E-state index contributed by atoms with van der Waals surface area (Å²) >= 11 is 6.58. The predicted molar refractivity (Wildman–Crippen MR) is 146 cm³/mol. The molecule has 8 heteroatoms. The van der Waals surface area contributed by atoms with E-state index in [1.807, 2.05) is 29.2 Å². The van der Waals surface area contributed by atoms with Gasteiger partial charge in [-0.15, -0.1) is 11.3 Å². The smallest absolute Gasteiger partial charge is 0.253 e. The fraction of sp³-hybridized carbons (Fsp3) is 0.346. The van der Waals surface area contributed by atoms with Gasteiger partial charge in [-0.2, -0.15) is 0 Å². The van der Waals surface area contributed by atoms with E-state index in [1.54, 1.807) is 11.3 Å². The van der Waals surface area contributed by atoms with Gasteiger partial charge in [-0.3, -0.25) is 4.79 Å². The molecule has 4 rings (SSSR count). The van der Waals surface area contributed by atoms with Crippen molar-refractivity contribution in [3.8, 4) is 11.3 Å². The molecule has 3 aromatic rings. The van der Waals surface area contributed by atoms with Crippen LogP contribution >= 0.6 is 23.6 Å². The molecule has 0 bridgehead atoms. The van der Waals surface area contributed by atoms with E-state index in [1.165, 1.54) is 10.7 Å². The van der Waals surface area contributed by atoms with Gasteiger partial charge < -0.3 is 20.9 Å². The Kier molecular flexibility index (Phi) is 7.80. The minimum absolute atomic E-state index is 0.0634. The first-order valence-corrected chi connectivity index (χ1v) is 13.0. The minimum atomic E-state index is 0.0634. The van der Waals surface area contributed by atoms with Crippen LogP contribution in [0.3, 0.4) is 0 Å². The van der Waals surface area contributed by atoms with Crippen molar-refractivity contribution in [1.82, 2.24) is 9.88 Å². The lowest BCUT2D eigenvalue weighted by atomic mass is 9.97. The fourth-order valence-electron chi connectivity index (χ4n) is 4.39. The summed E-state index contributed by atoms with van der Waals surface area (Å²) < 4.78 is 0. The maximum atomic E-state index is 12.9. The summed E-state index contributed by atoms with van der Waals surface area (Å²) in [5.41, 5.74) is 10.4. The molecule has 0 saturated carbocycles. The average molecular weight is 494 g/mol. The van der Waals surface area contributed by atoms with Crippen molar-refractivity contribution >= 4 is 45.9 Å². The molecule has 0 unspecified atom stereocenters. The number of thiazole rings is 1. The SMILES string of the molecule is CCN(CC)c1ccc(-c2csc(C3CCN(C(=O)c4ccc(NC(N)=S)cc4)CC3)n2)cc1. The number of anilines is 2. The molecule has 1 amide bonds. The molecule has 1 aromatic heterocycles. The van der Waals surface area contributed by atoms with Crippen molar-refractivity contribution in [2.24, 2.45) is 5.73 Å². The van der Waals surface area contributed by atoms with Gasteiger partial charge in [-0.05, 0) is 75.3 Å². The highest BCUT2D eigenvalue weighted by molar-refractivity contribution is 7.80. The third kappa shape index (κ3) is 5.56. The number of carbonyl (C=O) groups excluding carboxylic acids is 1. The Morgan fingerprint density at radius 3 is 2.35 bits per heavy atom. The lowest BCUT2D eigenvalue weighted by molar-refractivity contribution is 0.0713. The lowest BCUT2D eigenvalue weighted by Crippen LogP contribution is -2.37. The summed E-state index contributed by atoms with van der Waals surface area (Å²) in [6.07, 6.45) is 1.86. The fourth-order valence-corrected chi connectivity index (χ4v) is 5.51. The Bertz CT molecular complexity index is 1110. The van der Waals surface area contributed by atoms with E-state index in [-0.39, 0.29) is 11.0 Å². The third-order valence-electron chi connectivity index (χ3n) is 6.34. The average Bonchev–Trinajstić information content (AvgIpc) is 3.35. The number of nitrogens with one attached hydrogen (secondary N) is 1. The van der Waals surface area contributed by atoms with Crippen molar-refractivity contribution < 1.29 is 4.79 Å². The van der Waals surface area contributed by atoms with Crippen LogP contribution in [0, 0.1) is 0 Å². The number of carbonyl (C=O) groups is 1. The van der Waals surface area contributed by atoms with Crippen molar-refractivity contribution in [1.29, 1.82) is 0 Å². The largest absolute Gasteiger partial charge is 0.376 e. The van der Waals surface area contributed by atoms with E-state index in [4.69, 9.17) is 22.9 Å². The molecule has 178 valence electrons. The highest BCUT2D eigenvalue weighted by Gasteiger charge is 2.26. The number of rotatable bonds is 7. The van der Waals surface area contributed by atoms with E-state index in [0.29, 0.717) is 11.5 Å². The van der Waals surface area contributed by atoms with Gasteiger partial charge in [0.1, 0.15) is 0 Å². The van der Waals surface area contributed by atoms with E-state index in [0.717, 1.165) is 56.0 Å². The second-order valence-electron chi connectivity index (χ2n) is 8.42. The van der Waals surface area contributed by atoms with Crippen LogP contribution in [0.5, 0.6) is 0 Å². The molecular weight excluding hydrogens is 462 g/mol. The first-order valence-electron chi connectivity index (χ1n) is 11.7. The number of thiocarbonyl (C=S) groups is 1. The van der Waals surface area contributed by atoms with Crippen molar-refractivity contribution in [3.05, 3.63) is 64.5 Å². The Labute approximate surface area is 210 Å². The molecule has 34 heavy (non-hydrogen) atoms. The normalized spacial score (nSPS) is 14.1. The molecule has 0 aliphatic carbocycles. The van der Waals surface area contributed by atoms with Crippen LogP contribution in [0.4, 0.5) is 11.4 Å². The first-order chi connectivity index (χ1) is 16.5. The molecule has 0 spiro atoms. The molecule has 2 heterocycles. The van der Waals surface area contributed by atoms with Crippen LogP contribution < -0.4 is 16.0 Å². The number of aromatic nitrogens is 1. The van der Waals surface area contributed by atoms with Gasteiger partial charge in [-0.1, -0.05) is 12.1 Å². The maximum absolute atomic E-state index is 12.9. The number of nitrogens with zero attached hydrogens (tertiary/aromatic N) is 3. The minimum Gasteiger partial charge on any atom is -0.376 e. The highest BCUT2D eigenvalue weighted by atomic mass is 32.1. The zero-order chi connectivity index (χ0) is 24.1. The Hall–Kier alpha value is -2.97. The number of likely N-dealkylation sites (tertiary alicyclic amines) is 1. The van der Waals surface area contributed by atoms with E-state index in [2.05, 4.69) is 53.7 Å². The predicted octanol–water partition coefficient (Wildman–Crippen LogP) is 5.33. The van der Waals surface area contributed by atoms with Gasteiger partial charge in [0.05, 0.1) is 10.7 Å². The van der Waals surface area contributed by atoms with E-state index < -0.39 is 0 Å². The van der Waals surface area contributed by atoms with Gasteiger partial charge in [0.25, 0.3) is 5.91 Å². The van der Waals surface area contributed by atoms with Crippen LogP contribution in [0.15, 0.2) is 53.9 Å². The van der Waals surface area contributed by atoms with Gasteiger partial charge in [0.15, 0.2) is 5.11 Å². The summed E-state index contributed by atoms with van der Waals surface area (Å²) in [5.74, 6) is 0.461. The number of hydrogen-bond acceptors (Lipinski definition) is 5. The summed E-state index contributed by atoms with van der Waals surface area (Å²) in [4.78, 5) is 22.2. The van der Waals surface area contributed by atoms with Crippen LogP contribution in [0.25, 0.3) is 11.3 Å². The van der Waals surface area contributed by atoms with Crippen LogP contribution in [0.2, 0.25) is 0 Å². The molecule has 1 saturated heterocycles. The highest BCUT2D eigenvalue weighted by Crippen LogP contribution is 2.33. The monoisotopic (exact) mass is 493 g/mol. The topological polar surface area (TPSA) is 74.5 Å². The second kappa shape index (κ2) is 11.0. The third-order valence-corrected chi connectivity index (χ3v) is 7.45. The Morgan fingerprint density at radius 2 is 1.76 bits per heavy atom. The number of hydrogen-bond donors (Lipinski definition) is 2. The van der Waals surface area contributed by atoms with Crippen molar-refractivity contribution in [2.45, 2.75) is 32.6 Å². The molecule has 1 fully saturated rings. The molecule has 1 aliphatic heterocycles. The van der Waals surface area contributed by atoms with Gasteiger partial charge in [-0.25, -0.2) is 4.98 Å². The Balaban J connectivity index is 1.35. The van der Waals surface area contributed by atoms with Crippen molar-refractivity contribution in [2.75, 3.05) is 36.4 Å². The van der Waals surface area contributed by atoms with Crippen LogP contribution in [0.1, 0.15) is 48.0 Å².